The van der Waals surface area contributed by atoms with E-state index in [1.54, 1.807) is 0 Å². The molecule has 48 heavy (non-hydrogen) atoms. The maximum absolute atomic E-state index is 7.14. The second-order valence-electron chi connectivity index (χ2n) is 12.3. The second-order valence-corrected chi connectivity index (χ2v) is 12.3. The smallest absolute Gasteiger partial charge is 0.178 e. The van der Waals surface area contributed by atoms with E-state index in [9.17, 15) is 0 Å². The average Bonchev–Trinajstić information content (AvgIpc) is 3.73. The summed E-state index contributed by atoms with van der Waals surface area (Å²) >= 11 is 0. The van der Waals surface area contributed by atoms with Crippen LogP contribution in [0.25, 0.3) is 99.2 Å². The van der Waals surface area contributed by atoms with E-state index in [0.717, 1.165) is 66.1 Å². The van der Waals surface area contributed by atoms with E-state index >= 15 is 0 Å². The van der Waals surface area contributed by atoms with E-state index in [2.05, 4.69) is 158 Å². The van der Waals surface area contributed by atoms with E-state index in [1.165, 1.54) is 33.0 Å². The highest BCUT2D eigenvalue weighted by atomic mass is 16.4. The lowest BCUT2D eigenvalue weighted by molar-refractivity contribution is 0.613. The molecule has 0 bridgehead atoms. The first-order chi connectivity index (χ1) is 23.8. The molecule has 0 amide bonds. The van der Waals surface area contributed by atoms with E-state index < -0.39 is 0 Å². The van der Waals surface area contributed by atoms with Crippen molar-refractivity contribution in [2.45, 2.75) is 0 Å². The van der Waals surface area contributed by atoms with Crippen LogP contribution in [0.3, 0.4) is 0 Å². The molecule has 2 heteroatoms. The van der Waals surface area contributed by atoms with Crippen LogP contribution in [0.4, 0.5) is 0 Å². The molecule has 0 radical (unpaired) electrons. The Morgan fingerprint density at radius 1 is 0.271 bits per heavy atom. The SMILES string of the molecule is c1ccc(-c2ccccc2-c2c3ccccc3c(-c3oc4c(ccc5c6ccccc6oc54)c3-c3ccccc3)c3ccccc23)cc1. The zero-order chi connectivity index (χ0) is 31.6. The number of rotatable bonds is 4. The highest BCUT2D eigenvalue weighted by Crippen LogP contribution is 2.51. The summed E-state index contributed by atoms with van der Waals surface area (Å²) < 4.78 is 13.7. The maximum atomic E-state index is 7.14. The Morgan fingerprint density at radius 3 is 1.42 bits per heavy atom. The minimum Gasteiger partial charge on any atom is -0.452 e. The van der Waals surface area contributed by atoms with Crippen molar-refractivity contribution < 1.29 is 8.83 Å². The van der Waals surface area contributed by atoms with E-state index in [1.807, 2.05) is 12.1 Å². The first kappa shape index (κ1) is 26.8. The predicted octanol–water partition coefficient (Wildman–Crippen LogP) is 13.3. The van der Waals surface area contributed by atoms with Crippen LogP contribution in [0.15, 0.2) is 179 Å². The highest BCUT2D eigenvalue weighted by Gasteiger charge is 2.26. The van der Waals surface area contributed by atoms with Gasteiger partial charge < -0.3 is 8.83 Å². The Balaban J connectivity index is 1.36. The van der Waals surface area contributed by atoms with Crippen molar-refractivity contribution in [1.82, 2.24) is 0 Å². The monoisotopic (exact) mass is 612 g/mol. The van der Waals surface area contributed by atoms with Gasteiger partial charge in [-0.1, -0.05) is 152 Å². The average molecular weight is 613 g/mol. The molecular formula is C46H28O2. The van der Waals surface area contributed by atoms with Crippen molar-refractivity contribution in [3.05, 3.63) is 170 Å². The van der Waals surface area contributed by atoms with Crippen LogP contribution in [0, 0.1) is 0 Å². The van der Waals surface area contributed by atoms with Crippen molar-refractivity contribution in [2.24, 2.45) is 0 Å². The Morgan fingerprint density at radius 2 is 0.750 bits per heavy atom. The van der Waals surface area contributed by atoms with Gasteiger partial charge in [0.2, 0.25) is 0 Å². The summed E-state index contributed by atoms with van der Waals surface area (Å²) in [6.07, 6.45) is 0. The van der Waals surface area contributed by atoms with Crippen molar-refractivity contribution in [1.29, 1.82) is 0 Å². The maximum Gasteiger partial charge on any atom is 0.178 e. The van der Waals surface area contributed by atoms with Gasteiger partial charge in [0, 0.05) is 27.3 Å². The van der Waals surface area contributed by atoms with E-state index in [-0.39, 0.29) is 0 Å². The van der Waals surface area contributed by atoms with Crippen molar-refractivity contribution in [3.63, 3.8) is 0 Å². The molecule has 2 heterocycles. The van der Waals surface area contributed by atoms with Crippen molar-refractivity contribution in [2.75, 3.05) is 0 Å². The number of hydrogen-bond donors (Lipinski definition) is 0. The minimum absolute atomic E-state index is 0.768. The third kappa shape index (κ3) is 3.93. The van der Waals surface area contributed by atoms with E-state index in [4.69, 9.17) is 8.83 Å². The molecule has 8 aromatic carbocycles. The van der Waals surface area contributed by atoms with Gasteiger partial charge in [-0.25, -0.2) is 0 Å². The van der Waals surface area contributed by atoms with Gasteiger partial charge in [-0.05, 0) is 67.6 Å². The standard InChI is InChI=1S/C46H28O2/c1-3-15-29(16-4-1)31-19-7-8-21-33(31)42-34-22-9-11-24-36(34)43(37-25-12-10-23-35(37)42)46-41(30-17-5-2-6-18-30)39-28-27-38-32-20-13-14-26-40(32)47-44(38)45(39)48-46/h1-28H. The van der Waals surface area contributed by atoms with Crippen LogP contribution >= 0.6 is 0 Å². The summed E-state index contributed by atoms with van der Waals surface area (Å²) in [4.78, 5) is 0. The molecule has 0 saturated carbocycles. The molecule has 10 aromatic rings. The van der Waals surface area contributed by atoms with Gasteiger partial charge in [-0.2, -0.15) is 0 Å². The summed E-state index contributed by atoms with van der Waals surface area (Å²) in [6.45, 7) is 0. The lowest BCUT2D eigenvalue weighted by Crippen LogP contribution is -1.93. The largest absolute Gasteiger partial charge is 0.452 e. The Kier molecular flexibility index (Phi) is 5.91. The fraction of sp³-hybridized carbons (Fsp3) is 0. The first-order valence-electron chi connectivity index (χ1n) is 16.4. The number of para-hydroxylation sites is 1. The molecule has 0 fully saturated rings. The van der Waals surface area contributed by atoms with Gasteiger partial charge in [0.15, 0.2) is 11.2 Å². The molecule has 224 valence electrons. The summed E-state index contributed by atoms with van der Waals surface area (Å²) in [6, 6.07) is 60.2. The first-order valence-corrected chi connectivity index (χ1v) is 16.4. The highest BCUT2D eigenvalue weighted by molar-refractivity contribution is 6.25. The number of hydrogen-bond acceptors (Lipinski definition) is 2. The molecule has 0 spiro atoms. The van der Waals surface area contributed by atoms with Gasteiger partial charge >= 0.3 is 0 Å². The molecule has 2 aromatic heterocycles. The van der Waals surface area contributed by atoms with Crippen molar-refractivity contribution >= 4 is 54.5 Å². The normalized spacial score (nSPS) is 11.8. The summed E-state index contributed by atoms with van der Waals surface area (Å²) in [7, 11) is 0. The molecule has 0 unspecified atom stereocenters. The second kappa shape index (κ2) is 10.6. The van der Waals surface area contributed by atoms with Crippen LogP contribution in [-0.4, -0.2) is 0 Å². The zero-order valence-electron chi connectivity index (χ0n) is 26.0. The number of furan rings is 2. The van der Waals surface area contributed by atoms with Gasteiger partial charge in [0.25, 0.3) is 0 Å². The number of fused-ring (bicyclic) bond motifs is 7. The lowest BCUT2D eigenvalue weighted by atomic mass is 9.84. The summed E-state index contributed by atoms with van der Waals surface area (Å²) in [5, 5.41) is 7.84. The van der Waals surface area contributed by atoms with Crippen LogP contribution in [0.5, 0.6) is 0 Å². The molecule has 0 saturated heterocycles. The molecule has 0 aliphatic heterocycles. The predicted molar refractivity (Wildman–Crippen MR) is 200 cm³/mol. The Labute approximate surface area is 277 Å². The third-order valence-corrected chi connectivity index (χ3v) is 9.70. The van der Waals surface area contributed by atoms with E-state index in [0.29, 0.717) is 0 Å². The minimum atomic E-state index is 0.768. The molecule has 0 atom stereocenters. The molecule has 2 nitrogen and oxygen atoms in total. The third-order valence-electron chi connectivity index (χ3n) is 9.70. The van der Waals surface area contributed by atoms with Gasteiger partial charge in [-0.3, -0.25) is 0 Å². The van der Waals surface area contributed by atoms with Crippen LogP contribution in [0.2, 0.25) is 0 Å². The Bertz CT molecular complexity index is 2760. The van der Waals surface area contributed by atoms with Crippen LogP contribution in [-0.2, 0) is 0 Å². The van der Waals surface area contributed by atoms with Gasteiger partial charge in [0.05, 0.1) is 0 Å². The van der Waals surface area contributed by atoms with Crippen LogP contribution < -0.4 is 0 Å². The number of benzene rings is 8. The quantitative estimate of drug-likeness (QED) is 0.185. The molecule has 0 aliphatic rings. The molecule has 10 rings (SSSR count). The summed E-state index contributed by atoms with van der Waals surface area (Å²) in [5.74, 6) is 0.847. The van der Waals surface area contributed by atoms with Gasteiger partial charge in [-0.15, -0.1) is 0 Å². The Hall–Kier alpha value is -6.38. The molecular weight excluding hydrogens is 585 g/mol. The molecule has 0 aliphatic carbocycles. The van der Waals surface area contributed by atoms with Gasteiger partial charge in [0.1, 0.15) is 11.3 Å². The lowest BCUT2D eigenvalue weighted by Gasteiger charge is -2.19. The van der Waals surface area contributed by atoms with Crippen molar-refractivity contribution in [3.8, 4) is 44.7 Å². The topological polar surface area (TPSA) is 26.3 Å². The van der Waals surface area contributed by atoms with Crippen LogP contribution in [0.1, 0.15) is 0 Å². The summed E-state index contributed by atoms with van der Waals surface area (Å²) in [5.41, 5.74) is 10.5. The fourth-order valence-corrected chi connectivity index (χ4v) is 7.64. The molecule has 0 N–H and O–H groups in total. The zero-order valence-corrected chi connectivity index (χ0v) is 26.0. The fourth-order valence-electron chi connectivity index (χ4n) is 7.64.